The molecular formula is C15H14Cl2N2NaO. The van der Waals surface area contributed by atoms with E-state index in [1.807, 2.05) is 12.1 Å². The Labute approximate surface area is 155 Å². The van der Waals surface area contributed by atoms with Crippen LogP contribution in [0.15, 0.2) is 23.0 Å². The van der Waals surface area contributed by atoms with Gasteiger partial charge in [-0.3, -0.25) is 4.79 Å². The van der Waals surface area contributed by atoms with Crippen molar-refractivity contribution in [2.45, 2.75) is 32.1 Å². The van der Waals surface area contributed by atoms with Gasteiger partial charge in [0.15, 0.2) is 0 Å². The Morgan fingerprint density at radius 3 is 2.81 bits per heavy atom. The van der Waals surface area contributed by atoms with Crippen molar-refractivity contribution in [3.05, 3.63) is 61.2 Å². The fourth-order valence-corrected chi connectivity index (χ4v) is 3.41. The van der Waals surface area contributed by atoms with E-state index in [1.165, 1.54) is 0 Å². The molecule has 0 saturated heterocycles. The summed E-state index contributed by atoms with van der Waals surface area (Å²) in [6, 6.07) is 5.51. The number of nitrogens with zero attached hydrogens (tertiary/aromatic N) is 1. The quantitative estimate of drug-likeness (QED) is 0.813. The fourth-order valence-electron chi connectivity index (χ4n) is 2.87. The van der Waals surface area contributed by atoms with Gasteiger partial charge in [0.2, 0.25) is 0 Å². The Kier molecular flexibility index (Phi) is 5.55. The van der Waals surface area contributed by atoms with Gasteiger partial charge in [0, 0.05) is 51.1 Å². The molecule has 0 aliphatic heterocycles. The van der Waals surface area contributed by atoms with Gasteiger partial charge in [-0.25, -0.2) is 4.98 Å². The van der Waals surface area contributed by atoms with Crippen molar-refractivity contribution in [2.75, 3.05) is 0 Å². The molecule has 1 atom stereocenters. The summed E-state index contributed by atoms with van der Waals surface area (Å²) in [5, 5.41) is 1.25. The molecule has 1 aliphatic carbocycles. The predicted molar refractivity (Wildman–Crippen MR) is 86.6 cm³/mol. The van der Waals surface area contributed by atoms with Crippen molar-refractivity contribution in [2.24, 2.45) is 0 Å². The van der Waals surface area contributed by atoms with Gasteiger partial charge < -0.3 is 4.98 Å². The summed E-state index contributed by atoms with van der Waals surface area (Å²) in [6.45, 7) is 1.80. The molecule has 1 unspecified atom stereocenters. The summed E-state index contributed by atoms with van der Waals surface area (Å²) in [5.41, 5.74) is 2.62. The second-order valence-electron chi connectivity index (χ2n) is 5.13. The molecule has 21 heavy (non-hydrogen) atoms. The average Bonchev–Trinajstić information content (AvgIpc) is 2.38. The van der Waals surface area contributed by atoms with E-state index in [2.05, 4.69) is 9.97 Å². The third-order valence-electron chi connectivity index (χ3n) is 3.75. The normalized spacial score (nSPS) is 17.0. The monoisotopic (exact) mass is 331 g/mol. The molecule has 0 spiro atoms. The van der Waals surface area contributed by atoms with Gasteiger partial charge >= 0.3 is 0 Å². The molecule has 1 N–H and O–H groups in total. The molecule has 3 rings (SSSR count). The number of aromatic nitrogens is 2. The average molecular weight is 332 g/mol. The van der Waals surface area contributed by atoms with Crippen molar-refractivity contribution in [1.82, 2.24) is 9.97 Å². The van der Waals surface area contributed by atoms with E-state index >= 15 is 0 Å². The van der Waals surface area contributed by atoms with E-state index in [-0.39, 0.29) is 41.0 Å². The van der Waals surface area contributed by atoms with Gasteiger partial charge in [-0.2, -0.15) is 0 Å². The standard InChI is InChI=1S/C15H14Cl2N2O.Na/c1-8-18-14-11(3-2-4-12(14)15(20)19-8)10-6-5-9(16)7-13(10)17;/h5-7,11H,2-4H2,1H3,(H,18,19,20);. The SMILES string of the molecule is Cc1nc2c(c(=O)[nH]1)CCCC2c1ccc(Cl)cc1Cl.[Na]. The number of aromatic amines is 1. The second-order valence-corrected chi connectivity index (χ2v) is 5.97. The Bertz CT molecular complexity index is 730. The van der Waals surface area contributed by atoms with Gasteiger partial charge in [0.25, 0.3) is 5.56 Å². The zero-order valence-electron chi connectivity index (χ0n) is 12.0. The molecule has 0 bridgehead atoms. The predicted octanol–water partition coefficient (Wildman–Crippen LogP) is 3.47. The zero-order chi connectivity index (χ0) is 14.3. The van der Waals surface area contributed by atoms with Crippen LogP contribution in [0.2, 0.25) is 10.0 Å². The molecule has 1 radical (unpaired) electrons. The number of halogens is 2. The third kappa shape index (κ3) is 3.38. The van der Waals surface area contributed by atoms with Crippen LogP contribution in [0, 0.1) is 6.92 Å². The molecule has 1 heterocycles. The number of nitrogens with one attached hydrogen (secondary N) is 1. The summed E-state index contributed by atoms with van der Waals surface area (Å²) in [5.74, 6) is 0.718. The number of aryl methyl sites for hydroxylation is 1. The third-order valence-corrected chi connectivity index (χ3v) is 4.32. The van der Waals surface area contributed by atoms with Crippen molar-refractivity contribution >= 4 is 52.8 Å². The fraction of sp³-hybridized carbons (Fsp3) is 0.333. The van der Waals surface area contributed by atoms with Gasteiger partial charge in [0.05, 0.1) is 5.69 Å². The van der Waals surface area contributed by atoms with Crippen molar-refractivity contribution < 1.29 is 0 Å². The van der Waals surface area contributed by atoms with E-state index in [1.54, 1.807) is 13.0 Å². The first-order chi connectivity index (χ1) is 9.56. The first-order valence-corrected chi connectivity index (χ1v) is 7.36. The number of hydrogen-bond donors (Lipinski definition) is 1. The molecular weight excluding hydrogens is 318 g/mol. The minimum atomic E-state index is -0.0257. The summed E-state index contributed by atoms with van der Waals surface area (Å²) in [7, 11) is 0. The van der Waals surface area contributed by atoms with E-state index in [0.29, 0.717) is 15.9 Å². The molecule has 1 aromatic heterocycles. The van der Waals surface area contributed by atoms with E-state index in [4.69, 9.17) is 23.2 Å². The summed E-state index contributed by atoms with van der Waals surface area (Å²) >= 11 is 12.3. The summed E-state index contributed by atoms with van der Waals surface area (Å²) in [6.07, 6.45) is 2.69. The Morgan fingerprint density at radius 1 is 1.33 bits per heavy atom. The number of rotatable bonds is 1. The van der Waals surface area contributed by atoms with Gasteiger partial charge in [-0.1, -0.05) is 29.3 Å². The topological polar surface area (TPSA) is 45.8 Å². The Hall–Kier alpha value is -0.320. The Morgan fingerprint density at radius 2 is 2.10 bits per heavy atom. The van der Waals surface area contributed by atoms with Gasteiger partial charge in [-0.05, 0) is 43.9 Å². The molecule has 0 saturated carbocycles. The van der Waals surface area contributed by atoms with Crippen LogP contribution >= 0.6 is 23.2 Å². The maximum absolute atomic E-state index is 12.1. The van der Waals surface area contributed by atoms with Crippen LogP contribution in [-0.4, -0.2) is 39.5 Å². The largest absolute Gasteiger partial charge is 0.311 e. The van der Waals surface area contributed by atoms with Crippen LogP contribution in [0.1, 0.15) is 41.4 Å². The number of benzene rings is 1. The van der Waals surface area contributed by atoms with Crippen molar-refractivity contribution in [3.8, 4) is 0 Å². The first kappa shape index (κ1) is 17.0. The van der Waals surface area contributed by atoms with E-state index < -0.39 is 0 Å². The van der Waals surface area contributed by atoms with Crippen LogP contribution in [0.5, 0.6) is 0 Å². The zero-order valence-corrected chi connectivity index (χ0v) is 15.6. The molecule has 1 aliphatic rings. The molecule has 6 heteroatoms. The van der Waals surface area contributed by atoms with Crippen LogP contribution in [-0.2, 0) is 6.42 Å². The second kappa shape index (κ2) is 6.84. The minimum absolute atomic E-state index is 0. The first-order valence-electron chi connectivity index (χ1n) is 6.61. The molecule has 1 aromatic carbocycles. The van der Waals surface area contributed by atoms with Crippen molar-refractivity contribution in [3.63, 3.8) is 0 Å². The van der Waals surface area contributed by atoms with Crippen molar-refractivity contribution in [1.29, 1.82) is 0 Å². The summed E-state index contributed by atoms with van der Waals surface area (Å²) in [4.78, 5) is 19.4. The molecule has 0 fully saturated rings. The molecule has 0 amide bonds. The number of hydrogen-bond acceptors (Lipinski definition) is 2. The summed E-state index contributed by atoms with van der Waals surface area (Å²) < 4.78 is 0. The minimum Gasteiger partial charge on any atom is -0.311 e. The van der Waals surface area contributed by atoms with Crippen LogP contribution in [0.4, 0.5) is 0 Å². The Balaban J connectivity index is 0.00000161. The number of H-pyrrole nitrogens is 1. The van der Waals surface area contributed by atoms with Gasteiger partial charge in [-0.15, -0.1) is 0 Å². The van der Waals surface area contributed by atoms with Gasteiger partial charge in [0.1, 0.15) is 5.82 Å². The van der Waals surface area contributed by atoms with E-state index in [9.17, 15) is 4.79 Å². The maximum atomic E-state index is 12.1. The molecule has 105 valence electrons. The van der Waals surface area contributed by atoms with Crippen LogP contribution in [0.3, 0.4) is 0 Å². The number of fused-ring (bicyclic) bond motifs is 1. The van der Waals surface area contributed by atoms with E-state index in [0.717, 1.165) is 36.1 Å². The molecule has 3 nitrogen and oxygen atoms in total. The molecule has 2 aromatic rings. The van der Waals surface area contributed by atoms with Crippen LogP contribution < -0.4 is 5.56 Å². The smallest absolute Gasteiger partial charge is 0.254 e. The maximum Gasteiger partial charge on any atom is 0.254 e. The van der Waals surface area contributed by atoms with Crippen LogP contribution in [0.25, 0.3) is 0 Å².